The number of primary amides is 1. The van der Waals surface area contributed by atoms with Gasteiger partial charge in [-0.3, -0.25) is 9.69 Å². The van der Waals surface area contributed by atoms with Gasteiger partial charge in [0.2, 0.25) is 0 Å². The molecule has 120 valence electrons. The molecule has 0 unspecified atom stereocenters. The molecular formula is C16H15ClN2O4. The average molecular weight is 335 g/mol. The fourth-order valence-electron chi connectivity index (χ4n) is 2.19. The van der Waals surface area contributed by atoms with Crippen molar-refractivity contribution >= 4 is 35.0 Å². The van der Waals surface area contributed by atoms with E-state index in [1.807, 2.05) is 0 Å². The molecule has 7 heteroatoms. The fourth-order valence-corrected chi connectivity index (χ4v) is 2.41. The summed E-state index contributed by atoms with van der Waals surface area (Å²) < 4.78 is 5.27. The minimum Gasteiger partial charge on any atom is -0.495 e. The van der Waals surface area contributed by atoms with Gasteiger partial charge in [-0.05, 0) is 29.8 Å². The van der Waals surface area contributed by atoms with Crippen molar-refractivity contribution in [2.75, 3.05) is 12.0 Å². The third-order valence-corrected chi connectivity index (χ3v) is 3.47. The van der Waals surface area contributed by atoms with Crippen molar-refractivity contribution in [1.29, 1.82) is 0 Å². The number of hydrogen-bond donors (Lipinski definition) is 2. The van der Waals surface area contributed by atoms with E-state index in [1.165, 1.54) is 12.0 Å². The van der Waals surface area contributed by atoms with E-state index < -0.39 is 12.0 Å². The molecule has 2 amide bonds. The zero-order valence-electron chi connectivity index (χ0n) is 12.3. The second-order valence-corrected chi connectivity index (χ2v) is 5.11. The number of para-hydroxylation sites is 1. The van der Waals surface area contributed by atoms with E-state index in [0.29, 0.717) is 27.7 Å². The molecule has 0 aliphatic carbocycles. The van der Waals surface area contributed by atoms with Gasteiger partial charge in [-0.15, -0.1) is 0 Å². The number of ether oxygens (including phenoxy) is 1. The van der Waals surface area contributed by atoms with Crippen LogP contribution in [0.4, 0.5) is 16.2 Å². The highest BCUT2D eigenvalue weighted by Crippen LogP contribution is 2.37. The number of carbonyl (C=O) groups is 2. The van der Waals surface area contributed by atoms with E-state index in [4.69, 9.17) is 27.2 Å². The average Bonchev–Trinajstić information content (AvgIpc) is 2.49. The summed E-state index contributed by atoms with van der Waals surface area (Å²) in [5.74, 6) is -0.639. The van der Waals surface area contributed by atoms with Gasteiger partial charge in [0, 0.05) is 0 Å². The summed E-state index contributed by atoms with van der Waals surface area (Å²) in [5.41, 5.74) is 6.82. The van der Waals surface area contributed by atoms with Gasteiger partial charge in [-0.1, -0.05) is 29.8 Å². The number of rotatable bonds is 5. The summed E-state index contributed by atoms with van der Waals surface area (Å²) in [7, 11) is 1.43. The maximum absolute atomic E-state index is 11.9. The highest BCUT2D eigenvalue weighted by molar-refractivity contribution is 6.34. The summed E-state index contributed by atoms with van der Waals surface area (Å²) in [5, 5.41) is 9.22. The first-order chi connectivity index (χ1) is 10.9. The van der Waals surface area contributed by atoms with Crippen LogP contribution in [0.5, 0.6) is 5.75 Å². The van der Waals surface area contributed by atoms with E-state index in [1.54, 1.807) is 42.5 Å². The molecule has 0 radical (unpaired) electrons. The SMILES string of the molecule is COc1cc(CC(=O)O)ccc1N(C(N)=O)c1ccccc1Cl. The molecule has 2 rings (SSSR count). The number of hydrogen-bond acceptors (Lipinski definition) is 3. The number of amides is 2. The second-order valence-electron chi connectivity index (χ2n) is 4.70. The van der Waals surface area contributed by atoms with Gasteiger partial charge in [-0.2, -0.15) is 0 Å². The number of anilines is 2. The zero-order valence-corrected chi connectivity index (χ0v) is 13.1. The Morgan fingerprint density at radius 3 is 2.48 bits per heavy atom. The van der Waals surface area contributed by atoms with Gasteiger partial charge >= 0.3 is 12.0 Å². The number of methoxy groups -OCH3 is 1. The van der Waals surface area contributed by atoms with Crippen LogP contribution in [0.1, 0.15) is 5.56 Å². The van der Waals surface area contributed by atoms with E-state index in [0.717, 1.165) is 0 Å². The lowest BCUT2D eigenvalue weighted by Gasteiger charge is -2.24. The van der Waals surface area contributed by atoms with E-state index in [-0.39, 0.29) is 6.42 Å². The minimum atomic E-state index is -0.960. The van der Waals surface area contributed by atoms with Gasteiger partial charge in [0.15, 0.2) is 0 Å². The van der Waals surface area contributed by atoms with Gasteiger partial charge in [0.1, 0.15) is 5.75 Å². The quantitative estimate of drug-likeness (QED) is 0.878. The Morgan fingerprint density at radius 2 is 1.91 bits per heavy atom. The Balaban J connectivity index is 2.54. The van der Waals surface area contributed by atoms with Crippen molar-refractivity contribution in [2.45, 2.75) is 6.42 Å². The molecule has 0 spiro atoms. The van der Waals surface area contributed by atoms with Crippen molar-refractivity contribution in [1.82, 2.24) is 0 Å². The number of urea groups is 1. The third kappa shape index (κ3) is 3.73. The second kappa shape index (κ2) is 7.02. The van der Waals surface area contributed by atoms with Gasteiger partial charge in [0.25, 0.3) is 0 Å². The molecule has 0 saturated heterocycles. The summed E-state index contributed by atoms with van der Waals surface area (Å²) in [6.07, 6.45) is -0.153. The lowest BCUT2D eigenvalue weighted by molar-refractivity contribution is -0.136. The molecule has 23 heavy (non-hydrogen) atoms. The van der Waals surface area contributed by atoms with Crippen LogP contribution in [-0.4, -0.2) is 24.2 Å². The van der Waals surface area contributed by atoms with Gasteiger partial charge < -0.3 is 15.6 Å². The molecule has 6 nitrogen and oxygen atoms in total. The molecule has 3 N–H and O–H groups in total. The Bertz CT molecular complexity index is 749. The van der Waals surface area contributed by atoms with E-state index in [2.05, 4.69) is 0 Å². The van der Waals surface area contributed by atoms with Crippen molar-refractivity contribution in [3.63, 3.8) is 0 Å². The number of halogens is 1. The summed E-state index contributed by atoms with van der Waals surface area (Å²) in [6, 6.07) is 10.7. The van der Waals surface area contributed by atoms with Crippen molar-refractivity contribution in [3.05, 3.63) is 53.1 Å². The molecule has 0 aromatic heterocycles. The van der Waals surface area contributed by atoms with Gasteiger partial charge in [0.05, 0.1) is 29.9 Å². The predicted molar refractivity (Wildman–Crippen MR) is 87.5 cm³/mol. The number of carboxylic acids is 1. The summed E-state index contributed by atoms with van der Waals surface area (Å²) in [6.45, 7) is 0. The Kier molecular flexibility index (Phi) is 5.08. The largest absolute Gasteiger partial charge is 0.495 e. The Morgan fingerprint density at radius 1 is 1.22 bits per heavy atom. The molecule has 0 aliphatic rings. The van der Waals surface area contributed by atoms with Crippen LogP contribution >= 0.6 is 11.6 Å². The smallest absolute Gasteiger partial charge is 0.324 e. The number of carboxylic acid groups (broad SMARTS) is 1. The molecule has 2 aromatic carbocycles. The van der Waals surface area contributed by atoms with E-state index >= 15 is 0 Å². The highest BCUT2D eigenvalue weighted by atomic mass is 35.5. The van der Waals surface area contributed by atoms with Crippen LogP contribution in [0.25, 0.3) is 0 Å². The normalized spacial score (nSPS) is 10.2. The predicted octanol–water partition coefficient (Wildman–Crippen LogP) is 3.19. The molecule has 2 aromatic rings. The van der Waals surface area contributed by atoms with Crippen LogP contribution in [0.15, 0.2) is 42.5 Å². The maximum atomic E-state index is 11.9. The van der Waals surface area contributed by atoms with Gasteiger partial charge in [-0.25, -0.2) is 4.79 Å². The molecule has 0 atom stereocenters. The lowest BCUT2D eigenvalue weighted by Crippen LogP contribution is -2.32. The van der Waals surface area contributed by atoms with E-state index in [9.17, 15) is 9.59 Å². The minimum absolute atomic E-state index is 0.153. The fraction of sp³-hybridized carbons (Fsp3) is 0.125. The zero-order chi connectivity index (χ0) is 17.0. The monoisotopic (exact) mass is 334 g/mol. The third-order valence-electron chi connectivity index (χ3n) is 3.15. The molecule has 0 fully saturated rings. The molecular weight excluding hydrogens is 320 g/mol. The van der Waals surface area contributed by atoms with Crippen LogP contribution in [0, 0.1) is 0 Å². The molecule has 0 bridgehead atoms. The molecule has 0 saturated carbocycles. The topological polar surface area (TPSA) is 92.9 Å². The Hall–Kier alpha value is -2.73. The van der Waals surface area contributed by atoms with Crippen molar-refractivity contribution in [3.8, 4) is 5.75 Å². The van der Waals surface area contributed by atoms with Crippen LogP contribution < -0.4 is 15.4 Å². The molecule has 0 aliphatic heterocycles. The summed E-state index contributed by atoms with van der Waals surface area (Å²) >= 11 is 6.14. The van der Waals surface area contributed by atoms with Crippen LogP contribution in [-0.2, 0) is 11.2 Å². The highest BCUT2D eigenvalue weighted by Gasteiger charge is 2.21. The van der Waals surface area contributed by atoms with Crippen molar-refractivity contribution in [2.24, 2.45) is 5.73 Å². The lowest BCUT2D eigenvalue weighted by atomic mass is 10.1. The first kappa shape index (κ1) is 16.6. The first-order valence-corrected chi connectivity index (χ1v) is 7.04. The number of nitrogens with two attached hydrogens (primary N) is 1. The number of benzene rings is 2. The van der Waals surface area contributed by atoms with Crippen LogP contribution in [0.3, 0.4) is 0 Å². The maximum Gasteiger partial charge on any atom is 0.324 e. The standard InChI is InChI=1S/C16H15ClN2O4/c1-23-14-8-10(9-15(20)21)6-7-13(14)19(16(18)22)12-5-3-2-4-11(12)17/h2-8H,9H2,1H3,(H2,18,22)(H,20,21). The number of nitrogens with zero attached hydrogens (tertiary/aromatic N) is 1. The molecule has 0 heterocycles. The first-order valence-electron chi connectivity index (χ1n) is 6.67. The number of aliphatic carboxylic acids is 1. The Labute approximate surface area is 138 Å². The van der Waals surface area contributed by atoms with Crippen LogP contribution in [0.2, 0.25) is 5.02 Å². The van der Waals surface area contributed by atoms with Crippen molar-refractivity contribution < 1.29 is 19.4 Å². The number of carbonyl (C=O) groups excluding carboxylic acids is 1. The summed E-state index contributed by atoms with van der Waals surface area (Å²) in [4.78, 5) is 24.0.